The Kier molecular flexibility index (Phi) is 5.35. The molecule has 1 amide bonds. The number of benzene rings is 1. The highest BCUT2D eigenvalue weighted by Crippen LogP contribution is 2.25. The third-order valence-electron chi connectivity index (χ3n) is 5.01. The maximum absolute atomic E-state index is 12.5. The van der Waals surface area contributed by atoms with Crippen LogP contribution in [0.1, 0.15) is 25.0 Å². The lowest BCUT2D eigenvalue weighted by Crippen LogP contribution is -2.40. The highest BCUT2D eigenvalue weighted by molar-refractivity contribution is 7.21. The van der Waals surface area contributed by atoms with Crippen molar-refractivity contribution in [1.29, 1.82) is 0 Å². The first-order valence-corrected chi connectivity index (χ1v) is 10.2. The van der Waals surface area contributed by atoms with Crippen LogP contribution in [0.5, 0.6) is 0 Å². The third-order valence-corrected chi connectivity index (χ3v) is 6.08. The maximum Gasteiger partial charge on any atom is 0.326 e. The Labute approximate surface area is 170 Å². The van der Waals surface area contributed by atoms with Crippen LogP contribution in [0, 0.1) is 0 Å². The molecule has 0 spiro atoms. The Morgan fingerprint density at radius 2 is 1.97 bits per heavy atom. The molecule has 8 heteroatoms. The minimum absolute atomic E-state index is 0.171. The van der Waals surface area contributed by atoms with Crippen molar-refractivity contribution in [2.24, 2.45) is 0 Å². The molecule has 0 aliphatic carbocycles. The largest absolute Gasteiger partial charge is 0.480 e. The third kappa shape index (κ3) is 4.02. The molecule has 3 heterocycles. The monoisotopic (exact) mass is 409 g/mol. The van der Waals surface area contributed by atoms with Gasteiger partial charge >= 0.3 is 5.97 Å². The molecule has 1 aromatic carbocycles. The van der Waals surface area contributed by atoms with E-state index in [1.54, 1.807) is 12.1 Å². The van der Waals surface area contributed by atoms with Crippen LogP contribution in [-0.4, -0.2) is 44.4 Å². The van der Waals surface area contributed by atoms with Crippen LogP contribution >= 0.6 is 11.3 Å². The van der Waals surface area contributed by atoms with E-state index in [-0.39, 0.29) is 17.9 Å². The van der Waals surface area contributed by atoms with E-state index in [1.807, 2.05) is 30.3 Å². The zero-order chi connectivity index (χ0) is 20.4. The van der Waals surface area contributed by atoms with E-state index < -0.39 is 12.0 Å². The molecule has 1 aliphatic heterocycles. The molecule has 2 aromatic heterocycles. The zero-order valence-corrected chi connectivity index (χ0v) is 16.4. The molecule has 1 N–H and O–H groups in total. The van der Waals surface area contributed by atoms with E-state index >= 15 is 0 Å². The summed E-state index contributed by atoms with van der Waals surface area (Å²) in [4.78, 5) is 46.2. The average molecular weight is 409 g/mol. The van der Waals surface area contributed by atoms with E-state index in [0.717, 1.165) is 4.70 Å². The quantitative estimate of drug-likeness (QED) is 0.695. The number of hydrogen-bond acceptors (Lipinski definition) is 6. The number of aromatic nitrogens is 2. The minimum Gasteiger partial charge on any atom is -0.480 e. The number of hydrogen-bond donors (Lipinski definition) is 1. The van der Waals surface area contributed by atoms with Gasteiger partial charge in [0, 0.05) is 23.4 Å². The van der Waals surface area contributed by atoms with Crippen LogP contribution in [0.2, 0.25) is 0 Å². The summed E-state index contributed by atoms with van der Waals surface area (Å²) in [5, 5.41) is 10.4. The molecule has 7 nitrogen and oxygen atoms in total. The molecule has 0 saturated carbocycles. The lowest BCUT2D eigenvalue weighted by Gasteiger charge is -2.21. The van der Waals surface area contributed by atoms with Crippen LogP contribution < -0.4 is 5.56 Å². The number of carboxylic acid groups (broad SMARTS) is 1. The fourth-order valence-corrected chi connectivity index (χ4v) is 4.53. The van der Waals surface area contributed by atoms with Gasteiger partial charge in [-0.1, -0.05) is 18.2 Å². The van der Waals surface area contributed by atoms with Crippen molar-refractivity contribution < 1.29 is 14.7 Å². The summed E-state index contributed by atoms with van der Waals surface area (Å²) < 4.78 is 0.846. The van der Waals surface area contributed by atoms with Crippen LogP contribution in [0.25, 0.3) is 20.8 Å². The predicted molar refractivity (Wildman–Crippen MR) is 110 cm³/mol. The van der Waals surface area contributed by atoms with Crippen molar-refractivity contribution in [3.63, 3.8) is 0 Å². The van der Waals surface area contributed by atoms with Gasteiger partial charge < -0.3 is 10.0 Å². The summed E-state index contributed by atoms with van der Waals surface area (Å²) >= 11 is 1.40. The van der Waals surface area contributed by atoms with Crippen LogP contribution in [0.3, 0.4) is 0 Å². The molecule has 1 atom stereocenters. The molecule has 3 aromatic rings. The Hall–Kier alpha value is -3.13. The Balaban J connectivity index is 1.52. The number of carboxylic acids is 1. The first kappa shape index (κ1) is 19.2. The molecule has 29 heavy (non-hydrogen) atoms. The van der Waals surface area contributed by atoms with Crippen LogP contribution in [0.4, 0.5) is 0 Å². The molecule has 1 saturated heterocycles. The number of pyridine rings is 1. The highest BCUT2D eigenvalue weighted by Gasteiger charge is 2.33. The standard InChI is InChI=1S/C21H19N3O4S/c25-18(24-12-4-8-16(24)21(27)28)11-10-13-5-3-7-15(22-13)20-23-19(26)14-6-1-2-9-17(14)29-20/h1-3,5-7,9,16H,4,8,10-12H2,(H,27,28)/t16-/m0/s1. The lowest BCUT2D eigenvalue weighted by atomic mass is 10.1. The first-order chi connectivity index (χ1) is 14.0. The van der Waals surface area contributed by atoms with Gasteiger partial charge in [-0.3, -0.25) is 14.6 Å². The number of rotatable bonds is 5. The molecular weight excluding hydrogens is 390 g/mol. The zero-order valence-electron chi connectivity index (χ0n) is 15.6. The van der Waals surface area contributed by atoms with E-state index in [1.165, 1.54) is 16.2 Å². The van der Waals surface area contributed by atoms with Crippen LogP contribution in [0.15, 0.2) is 47.3 Å². The predicted octanol–water partition coefficient (Wildman–Crippen LogP) is 2.73. The van der Waals surface area contributed by atoms with Crippen molar-refractivity contribution in [3.05, 3.63) is 58.5 Å². The van der Waals surface area contributed by atoms with Gasteiger partial charge in [-0.2, -0.15) is 4.98 Å². The number of nitrogens with zero attached hydrogens (tertiary/aromatic N) is 3. The van der Waals surface area contributed by atoms with Crippen molar-refractivity contribution in [2.75, 3.05) is 6.54 Å². The number of carbonyl (C=O) groups is 2. The fourth-order valence-electron chi connectivity index (χ4n) is 3.56. The maximum atomic E-state index is 12.5. The number of likely N-dealkylation sites (tertiary alicyclic amines) is 1. The number of aryl methyl sites for hydroxylation is 1. The summed E-state index contributed by atoms with van der Waals surface area (Å²) in [6.07, 6.45) is 1.81. The second kappa shape index (κ2) is 8.08. The molecule has 148 valence electrons. The molecule has 1 fully saturated rings. The van der Waals surface area contributed by atoms with Crippen molar-refractivity contribution >= 4 is 33.3 Å². The average Bonchev–Trinajstić information content (AvgIpc) is 3.23. The van der Waals surface area contributed by atoms with Gasteiger partial charge in [0.1, 0.15) is 11.0 Å². The van der Waals surface area contributed by atoms with Gasteiger partial charge in [-0.05, 0) is 43.5 Å². The van der Waals surface area contributed by atoms with Gasteiger partial charge in [0.25, 0.3) is 5.56 Å². The normalized spacial score (nSPS) is 16.3. The van der Waals surface area contributed by atoms with E-state index in [2.05, 4.69) is 9.97 Å². The lowest BCUT2D eigenvalue weighted by molar-refractivity contribution is -0.148. The minimum atomic E-state index is -0.951. The highest BCUT2D eigenvalue weighted by atomic mass is 32.1. The SMILES string of the molecule is O=C(O)[C@@H]1CCCN1C(=O)CCc1cccc(-c2nc(=O)c3ccccc3s2)n1. The molecular formula is C21H19N3O4S. The van der Waals surface area contributed by atoms with Crippen molar-refractivity contribution in [1.82, 2.24) is 14.9 Å². The molecule has 0 radical (unpaired) electrons. The van der Waals surface area contributed by atoms with Gasteiger partial charge in [0.05, 0.1) is 11.1 Å². The number of carbonyl (C=O) groups excluding carboxylic acids is 1. The Morgan fingerprint density at radius 1 is 1.14 bits per heavy atom. The summed E-state index contributed by atoms with van der Waals surface area (Å²) in [5.41, 5.74) is 1.01. The van der Waals surface area contributed by atoms with E-state index in [0.29, 0.717) is 47.6 Å². The van der Waals surface area contributed by atoms with Gasteiger partial charge in [0.15, 0.2) is 0 Å². The van der Waals surface area contributed by atoms with Gasteiger partial charge in [0.2, 0.25) is 5.91 Å². The number of fused-ring (bicyclic) bond motifs is 1. The van der Waals surface area contributed by atoms with Crippen molar-refractivity contribution in [3.8, 4) is 10.7 Å². The smallest absolute Gasteiger partial charge is 0.326 e. The Bertz CT molecular complexity index is 1140. The van der Waals surface area contributed by atoms with Crippen molar-refractivity contribution in [2.45, 2.75) is 31.7 Å². The first-order valence-electron chi connectivity index (χ1n) is 9.41. The fraction of sp³-hybridized carbons (Fsp3) is 0.286. The second-order valence-electron chi connectivity index (χ2n) is 6.92. The topological polar surface area (TPSA) is 100 Å². The molecule has 0 unspecified atom stereocenters. The Morgan fingerprint density at radius 3 is 2.79 bits per heavy atom. The summed E-state index contributed by atoms with van der Waals surface area (Å²) in [6, 6.07) is 12.0. The molecule has 4 rings (SSSR count). The van der Waals surface area contributed by atoms with Gasteiger partial charge in [-0.15, -0.1) is 11.3 Å². The molecule has 1 aliphatic rings. The summed E-state index contributed by atoms with van der Waals surface area (Å²) in [5.74, 6) is -1.12. The van der Waals surface area contributed by atoms with Gasteiger partial charge in [-0.25, -0.2) is 4.79 Å². The van der Waals surface area contributed by atoms with E-state index in [4.69, 9.17) is 0 Å². The van der Waals surface area contributed by atoms with Crippen LogP contribution in [-0.2, 0) is 16.0 Å². The second-order valence-corrected chi connectivity index (χ2v) is 7.95. The van der Waals surface area contributed by atoms with E-state index in [9.17, 15) is 19.5 Å². The summed E-state index contributed by atoms with van der Waals surface area (Å²) in [7, 11) is 0. The number of amides is 1. The number of aliphatic carboxylic acids is 1. The summed E-state index contributed by atoms with van der Waals surface area (Å²) in [6.45, 7) is 0.484. The molecule has 0 bridgehead atoms.